The van der Waals surface area contributed by atoms with Crippen LogP contribution in [-0.4, -0.2) is 35.6 Å². The highest BCUT2D eigenvalue weighted by Crippen LogP contribution is 2.08. The Bertz CT molecular complexity index is 313. The Morgan fingerprint density at radius 2 is 2.06 bits per heavy atom. The minimum atomic E-state index is 0.198. The second-order valence-electron chi connectivity index (χ2n) is 5.10. The van der Waals surface area contributed by atoms with Crippen LogP contribution in [0.3, 0.4) is 0 Å². The van der Waals surface area contributed by atoms with E-state index in [0.717, 1.165) is 19.6 Å². The number of rotatable bonds is 6. The Morgan fingerprint density at radius 3 is 2.62 bits per heavy atom. The summed E-state index contributed by atoms with van der Waals surface area (Å²) in [5.41, 5.74) is 1.56. The maximum absolute atomic E-state index is 3.52. The summed E-state index contributed by atoms with van der Waals surface area (Å²) >= 11 is 0. The van der Waals surface area contributed by atoms with Crippen LogP contribution in [0.2, 0.25) is 0 Å². The van der Waals surface area contributed by atoms with Gasteiger partial charge in [0.15, 0.2) is 0 Å². The van der Waals surface area contributed by atoms with Crippen molar-refractivity contribution < 1.29 is 0 Å². The first kappa shape index (κ1) is 13.3. The molecule has 1 aromatic heterocycles. The average molecular weight is 223 g/mol. The van der Waals surface area contributed by atoms with Gasteiger partial charge < -0.3 is 14.8 Å². The SMILES string of the molecule is CCn1cccc1CNCC(C)(C)N(C)C. The molecule has 0 aliphatic rings. The van der Waals surface area contributed by atoms with Crippen molar-refractivity contribution in [1.29, 1.82) is 0 Å². The molecule has 0 aromatic carbocycles. The van der Waals surface area contributed by atoms with E-state index in [1.54, 1.807) is 0 Å². The number of nitrogens with one attached hydrogen (secondary N) is 1. The molecular formula is C13H25N3. The summed E-state index contributed by atoms with van der Waals surface area (Å²) in [6.45, 7) is 9.65. The normalized spacial score (nSPS) is 12.4. The van der Waals surface area contributed by atoms with Gasteiger partial charge in [-0.25, -0.2) is 0 Å². The van der Waals surface area contributed by atoms with Crippen LogP contribution >= 0.6 is 0 Å². The van der Waals surface area contributed by atoms with Crippen molar-refractivity contribution in [2.45, 2.75) is 39.4 Å². The summed E-state index contributed by atoms with van der Waals surface area (Å²) < 4.78 is 2.27. The van der Waals surface area contributed by atoms with Crippen LogP contribution in [0.4, 0.5) is 0 Å². The van der Waals surface area contributed by atoms with Crippen molar-refractivity contribution in [2.75, 3.05) is 20.6 Å². The zero-order valence-electron chi connectivity index (χ0n) is 11.2. The molecule has 92 valence electrons. The monoisotopic (exact) mass is 223 g/mol. The molecule has 3 heteroatoms. The third-order valence-electron chi connectivity index (χ3n) is 3.34. The number of hydrogen-bond donors (Lipinski definition) is 1. The third kappa shape index (κ3) is 3.35. The zero-order valence-corrected chi connectivity index (χ0v) is 11.2. The van der Waals surface area contributed by atoms with Crippen LogP contribution in [0.25, 0.3) is 0 Å². The fraction of sp³-hybridized carbons (Fsp3) is 0.692. The quantitative estimate of drug-likeness (QED) is 0.795. The van der Waals surface area contributed by atoms with Crippen LogP contribution in [0.1, 0.15) is 26.5 Å². The molecule has 1 rings (SSSR count). The lowest BCUT2D eigenvalue weighted by Crippen LogP contribution is -2.46. The molecule has 3 nitrogen and oxygen atoms in total. The second kappa shape index (κ2) is 5.51. The third-order valence-corrected chi connectivity index (χ3v) is 3.34. The Labute approximate surface area is 99.4 Å². The number of aryl methyl sites for hydroxylation is 1. The lowest BCUT2D eigenvalue weighted by atomic mass is 10.0. The number of nitrogens with zero attached hydrogens (tertiary/aromatic N) is 2. The summed E-state index contributed by atoms with van der Waals surface area (Å²) in [5.74, 6) is 0. The lowest BCUT2D eigenvalue weighted by molar-refractivity contribution is 0.189. The van der Waals surface area contributed by atoms with Crippen molar-refractivity contribution in [2.24, 2.45) is 0 Å². The van der Waals surface area contributed by atoms with Gasteiger partial charge in [0.25, 0.3) is 0 Å². The lowest BCUT2D eigenvalue weighted by Gasteiger charge is -2.32. The van der Waals surface area contributed by atoms with E-state index in [4.69, 9.17) is 0 Å². The molecule has 0 atom stereocenters. The van der Waals surface area contributed by atoms with Gasteiger partial charge in [0, 0.05) is 37.1 Å². The Hall–Kier alpha value is -0.800. The molecule has 0 amide bonds. The Morgan fingerprint density at radius 1 is 1.38 bits per heavy atom. The molecular weight excluding hydrogens is 198 g/mol. The summed E-state index contributed by atoms with van der Waals surface area (Å²) in [6.07, 6.45) is 2.13. The molecule has 0 aliphatic heterocycles. The van der Waals surface area contributed by atoms with Crippen LogP contribution in [-0.2, 0) is 13.1 Å². The van der Waals surface area contributed by atoms with Crippen molar-refractivity contribution >= 4 is 0 Å². The molecule has 1 heterocycles. The van der Waals surface area contributed by atoms with Gasteiger partial charge in [-0.15, -0.1) is 0 Å². The maximum Gasteiger partial charge on any atom is 0.0360 e. The molecule has 0 aliphatic carbocycles. The minimum Gasteiger partial charge on any atom is -0.351 e. The number of likely N-dealkylation sites (N-methyl/N-ethyl adjacent to an activating group) is 1. The molecule has 0 bridgehead atoms. The number of aromatic nitrogens is 1. The van der Waals surface area contributed by atoms with Crippen molar-refractivity contribution in [3.05, 3.63) is 24.0 Å². The topological polar surface area (TPSA) is 20.2 Å². The van der Waals surface area contributed by atoms with Crippen molar-refractivity contribution in [3.63, 3.8) is 0 Å². The van der Waals surface area contributed by atoms with E-state index < -0.39 is 0 Å². The molecule has 0 fully saturated rings. The van der Waals surface area contributed by atoms with Crippen molar-refractivity contribution in [1.82, 2.24) is 14.8 Å². The first-order chi connectivity index (χ1) is 7.47. The molecule has 0 radical (unpaired) electrons. The first-order valence-electron chi connectivity index (χ1n) is 5.99. The molecule has 0 saturated carbocycles. The average Bonchev–Trinajstić information content (AvgIpc) is 2.64. The van der Waals surface area contributed by atoms with E-state index in [2.05, 4.69) is 68.0 Å². The van der Waals surface area contributed by atoms with Gasteiger partial charge in [0.2, 0.25) is 0 Å². The highest BCUT2D eigenvalue weighted by molar-refractivity contribution is 5.06. The van der Waals surface area contributed by atoms with Gasteiger partial charge in [-0.1, -0.05) is 0 Å². The summed E-state index contributed by atoms with van der Waals surface area (Å²) in [5, 5.41) is 3.52. The van der Waals surface area contributed by atoms with Gasteiger partial charge >= 0.3 is 0 Å². The standard InChI is InChI=1S/C13H25N3/c1-6-16-9-7-8-12(16)10-14-11-13(2,3)15(4)5/h7-9,14H,6,10-11H2,1-5H3. The van der Waals surface area contributed by atoms with E-state index in [1.807, 2.05) is 0 Å². The smallest absolute Gasteiger partial charge is 0.0360 e. The number of hydrogen-bond acceptors (Lipinski definition) is 2. The van der Waals surface area contributed by atoms with Crippen LogP contribution in [0, 0.1) is 0 Å². The molecule has 0 saturated heterocycles. The van der Waals surface area contributed by atoms with E-state index >= 15 is 0 Å². The van der Waals surface area contributed by atoms with Gasteiger partial charge in [-0.2, -0.15) is 0 Å². The van der Waals surface area contributed by atoms with Crippen LogP contribution in [0.5, 0.6) is 0 Å². The first-order valence-corrected chi connectivity index (χ1v) is 5.99. The van der Waals surface area contributed by atoms with Crippen molar-refractivity contribution in [3.8, 4) is 0 Å². The molecule has 0 unspecified atom stereocenters. The van der Waals surface area contributed by atoms with Gasteiger partial charge in [0.1, 0.15) is 0 Å². The van der Waals surface area contributed by atoms with Gasteiger partial charge in [-0.3, -0.25) is 0 Å². The highest BCUT2D eigenvalue weighted by Gasteiger charge is 2.19. The molecule has 1 N–H and O–H groups in total. The summed E-state index contributed by atoms with van der Waals surface area (Å²) in [7, 11) is 4.24. The molecule has 16 heavy (non-hydrogen) atoms. The predicted octanol–water partition coefficient (Wildman–Crippen LogP) is 1.94. The molecule has 0 spiro atoms. The minimum absolute atomic E-state index is 0.198. The van der Waals surface area contributed by atoms with Crippen LogP contribution in [0.15, 0.2) is 18.3 Å². The maximum atomic E-state index is 3.52. The molecule has 1 aromatic rings. The fourth-order valence-corrected chi connectivity index (χ4v) is 1.57. The predicted molar refractivity (Wildman–Crippen MR) is 69.6 cm³/mol. The Kier molecular flexibility index (Phi) is 4.56. The Balaban J connectivity index is 2.41. The van der Waals surface area contributed by atoms with E-state index in [9.17, 15) is 0 Å². The second-order valence-corrected chi connectivity index (χ2v) is 5.10. The van der Waals surface area contributed by atoms with Gasteiger partial charge in [0.05, 0.1) is 0 Å². The van der Waals surface area contributed by atoms with E-state index in [-0.39, 0.29) is 5.54 Å². The fourth-order valence-electron chi connectivity index (χ4n) is 1.57. The largest absolute Gasteiger partial charge is 0.351 e. The zero-order chi connectivity index (χ0) is 12.2. The van der Waals surface area contributed by atoms with E-state index in [0.29, 0.717) is 0 Å². The summed E-state index contributed by atoms with van der Waals surface area (Å²) in [4.78, 5) is 2.25. The van der Waals surface area contributed by atoms with E-state index in [1.165, 1.54) is 5.69 Å². The van der Waals surface area contributed by atoms with Crippen LogP contribution < -0.4 is 5.32 Å². The summed E-state index contributed by atoms with van der Waals surface area (Å²) in [6, 6.07) is 4.29. The highest BCUT2D eigenvalue weighted by atomic mass is 15.2. The van der Waals surface area contributed by atoms with Gasteiger partial charge in [-0.05, 0) is 47.0 Å².